The summed E-state index contributed by atoms with van der Waals surface area (Å²) in [5.41, 5.74) is 2.11. The van der Waals surface area contributed by atoms with Crippen molar-refractivity contribution in [3.63, 3.8) is 0 Å². The summed E-state index contributed by atoms with van der Waals surface area (Å²) < 4.78 is 5.14. The van der Waals surface area contributed by atoms with E-state index in [-0.39, 0.29) is 5.75 Å². The molecule has 13 heavy (non-hydrogen) atoms. The number of hydrogen-bond donors (Lipinski definition) is 1. The summed E-state index contributed by atoms with van der Waals surface area (Å²) in [7, 11) is 1.58. The molecule has 0 heterocycles. The highest BCUT2D eigenvalue weighted by Gasteiger charge is 2.11. The smallest absolute Gasteiger partial charge is 0.163 e. The molecule has 72 valence electrons. The van der Waals surface area contributed by atoms with E-state index in [1.54, 1.807) is 13.2 Å². The molecule has 2 nitrogen and oxygen atoms in total. The zero-order valence-corrected chi connectivity index (χ0v) is 8.59. The molecule has 0 unspecified atom stereocenters. The summed E-state index contributed by atoms with van der Waals surface area (Å²) in [5.74, 6) is 1.19. The maximum atomic E-state index is 9.60. The van der Waals surface area contributed by atoms with Crippen LogP contribution < -0.4 is 4.74 Å². The van der Waals surface area contributed by atoms with Crippen LogP contribution in [0.25, 0.3) is 0 Å². The SMILES string of the molecule is COc1c(O)cc(C)cc1C(C)C. The molecule has 2 heteroatoms. The van der Waals surface area contributed by atoms with E-state index in [1.807, 2.05) is 13.0 Å². The quantitative estimate of drug-likeness (QED) is 0.758. The Morgan fingerprint density at radius 1 is 1.31 bits per heavy atom. The van der Waals surface area contributed by atoms with Gasteiger partial charge in [0.1, 0.15) is 0 Å². The van der Waals surface area contributed by atoms with Crippen LogP contribution in [0.4, 0.5) is 0 Å². The summed E-state index contributed by atoms with van der Waals surface area (Å²) in [6, 6.07) is 3.76. The Morgan fingerprint density at radius 3 is 2.38 bits per heavy atom. The lowest BCUT2D eigenvalue weighted by molar-refractivity contribution is 0.367. The summed E-state index contributed by atoms with van der Waals surface area (Å²) >= 11 is 0. The third-order valence-electron chi connectivity index (χ3n) is 2.07. The molecule has 0 fully saturated rings. The lowest BCUT2D eigenvalue weighted by Crippen LogP contribution is -1.95. The number of hydrogen-bond acceptors (Lipinski definition) is 2. The van der Waals surface area contributed by atoms with Crippen LogP contribution in [0.5, 0.6) is 11.5 Å². The van der Waals surface area contributed by atoms with Crippen molar-refractivity contribution in [2.45, 2.75) is 26.7 Å². The molecule has 1 rings (SSSR count). The number of phenols is 1. The van der Waals surface area contributed by atoms with Gasteiger partial charge in [-0.3, -0.25) is 0 Å². The first kappa shape index (κ1) is 9.90. The molecule has 0 aliphatic rings. The minimum absolute atomic E-state index is 0.228. The van der Waals surface area contributed by atoms with Gasteiger partial charge in [0.15, 0.2) is 11.5 Å². The molecule has 0 saturated heterocycles. The fourth-order valence-corrected chi connectivity index (χ4v) is 1.43. The van der Waals surface area contributed by atoms with Gasteiger partial charge >= 0.3 is 0 Å². The predicted molar refractivity (Wildman–Crippen MR) is 53.5 cm³/mol. The third-order valence-corrected chi connectivity index (χ3v) is 2.07. The van der Waals surface area contributed by atoms with Gasteiger partial charge < -0.3 is 9.84 Å². The van der Waals surface area contributed by atoms with E-state index in [0.717, 1.165) is 11.1 Å². The summed E-state index contributed by atoms with van der Waals surface area (Å²) in [4.78, 5) is 0. The summed E-state index contributed by atoms with van der Waals surface area (Å²) in [6.45, 7) is 6.12. The Hall–Kier alpha value is -1.18. The van der Waals surface area contributed by atoms with Gasteiger partial charge in [-0.2, -0.15) is 0 Å². The second kappa shape index (κ2) is 3.69. The Morgan fingerprint density at radius 2 is 1.92 bits per heavy atom. The zero-order valence-electron chi connectivity index (χ0n) is 8.59. The van der Waals surface area contributed by atoms with E-state index in [9.17, 15) is 5.11 Å². The molecule has 0 aliphatic carbocycles. The van der Waals surface area contributed by atoms with Crippen molar-refractivity contribution < 1.29 is 9.84 Å². The first-order valence-electron chi connectivity index (χ1n) is 4.43. The summed E-state index contributed by atoms with van der Waals surface area (Å²) in [5, 5.41) is 9.60. The van der Waals surface area contributed by atoms with Crippen LogP contribution in [0.15, 0.2) is 12.1 Å². The minimum atomic E-state index is 0.228. The molecule has 0 aliphatic heterocycles. The predicted octanol–water partition coefficient (Wildman–Crippen LogP) is 2.83. The fraction of sp³-hybridized carbons (Fsp3) is 0.455. The monoisotopic (exact) mass is 180 g/mol. The third kappa shape index (κ3) is 1.94. The number of ether oxygens (including phenoxy) is 1. The molecule has 1 aromatic rings. The second-order valence-corrected chi connectivity index (χ2v) is 3.56. The molecule has 1 aromatic carbocycles. The van der Waals surface area contributed by atoms with Gasteiger partial charge in [0, 0.05) is 5.56 Å². The maximum absolute atomic E-state index is 9.60. The normalized spacial score (nSPS) is 10.5. The number of benzene rings is 1. The first-order chi connectivity index (χ1) is 6.06. The Balaban J connectivity index is 3.29. The van der Waals surface area contributed by atoms with Gasteiger partial charge in [-0.15, -0.1) is 0 Å². The van der Waals surface area contributed by atoms with Crippen LogP contribution in [-0.2, 0) is 0 Å². The van der Waals surface area contributed by atoms with E-state index in [2.05, 4.69) is 13.8 Å². The first-order valence-corrected chi connectivity index (χ1v) is 4.43. The second-order valence-electron chi connectivity index (χ2n) is 3.56. The van der Waals surface area contributed by atoms with Gasteiger partial charge in [0.2, 0.25) is 0 Å². The highest BCUT2D eigenvalue weighted by atomic mass is 16.5. The minimum Gasteiger partial charge on any atom is -0.504 e. The van der Waals surface area contributed by atoms with E-state index >= 15 is 0 Å². The standard InChI is InChI=1S/C11H16O2/c1-7(2)9-5-8(3)6-10(12)11(9)13-4/h5-7,12H,1-4H3. The van der Waals surface area contributed by atoms with Crippen LogP contribution in [0.2, 0.25) is 0 Å². The van der Waals surface area contributed by atoms with Crippen LogP contribution in [0.1, 0.15) is 30.9 Å². The van der Waals surface area contributed by atoms with Crippen molar-refractivity contribution in [1.82, 2.24) is 0 Å². The van der Waals surface area contributed by atoms with E-state index in [1.165, 1.54) is 0 Å². The average molecular weight is 180 g/mol. The number of aryl methyl sites for hydroxylation is 1. The number of rotatable bonds is 2. The largest absolute Gasteiger partial charge is 0.504 e. The van der Waals surface area contributed by atoms with Crippen molar-refractivity contribution in [2.24, 2.45) is 0 Å². The number of phenolic OH excluding ortho intramolecular Hbond substituents is 1. The molecule has 0 radical (unpaired) electrons. The molecule has 0 bridgehead atoms. The van der Waals surface area contributed by atoms with E-state index < -0.39 is 0 Å². The van der Waals surface area contributed by atoms with Gasteiger partial charge in [-0.1, -0.05) is 19.9 Å². The van der Waals surface area contributed by atoms with Crippen molar-refractivity contribution in [3.05, 3.63) is 23.3 Å². The van der Waals surface area contributed by atoms with Crippen molar-refractivity contribution in [3.8, 4) is 11.5 Å². The molecule has 0 amide bonds. The van der Waals surface area contributed by atoms with Gasteiger partial charge in [0.25, 0.3) is 0 Å². The average Bonchev–Trinajstić information content (AvgIpc) is 2.02. The zero-order chi connectivity index (χ0) is 10.0. The molecule has 0 aromatic heterocycles. The van der Waals surface area contributed by atoms with Crippen molar-refractivity contribution in [1.29, 1.82) is 0 Å². The fourth-order valence-electron chi connectivity index (χ4n) is 1.43. The Bertz CT molecular complexity index is 303. The van der Waals surface area contributed by atoms with Crippen LogP contribution in [0, 0.1) is 6.92 Å². The number of aromatic hydroxyl groups is 1. The molecule has 0 atom stereocenters. The van der Waals surface area contributed by atoms with Crippen LogP contribution in [0.3, 0.4) is 0 Å². The number of methoxy groups -OCH3 is 1. The highest BCUT2D eigenvalue weighted by molar-refractivity contribution is 5.49. The van der Waals surface area contributed by atoms with Crippen LogP contribution in [-0.4, -0.2) is 12.2 Å². The molecular formula is C11H16O2. The van der Waals surface area contributed by atoms with Gasteiger partial charge in [-0.05, 0) is 24.5 Å². The Labute approximate surface area is 79.2 Å². The van der Waals surface area contributed by atoms with Crippen LogP contribution >= 0.6 is 0 Å². The highest BCUT2D eigenvalue weighted by Crippen LogP contribution is 2.35. The summed E-state index contributed by atoms with van der Waals surface area (Å²) in [6.07, 6.45) is 0. The topological polar surface area (TPSA) is 29.5 Å². The maximum Gasteiger partial charge on any atom is 0.163 e. The molecule has 1 N–H and O–H groups in total. The van der Waals surface area contributed by atoms with Gasteiger partial charge in [-0.25, -0.2) is 0 Å². The van der Waals surface area contributed by atoms with E-state index in [0.29, 0.717) is 11.7 Å². The van der Waals surface area contributed by atoms with Gasteiger partial charge in [0.05, 0.1) is 7.11 Å². The molecule has 0 spiro atoms. The molecule has 0 saturated carbocycles. The Kier molecular flexibility index (Phi) is 2.81. The lowest BCUT2D eigenvalue weighted by atomic mass is 9.99. The molecular weight excluding hydrogens is 164 g/mol. The van der Waals surface area contributed by atoms with E-state index in [4.69, 9.17) is 4.74 Å². The van der Waals surface area contributed by atoms with Crippen molar-refractivity contribution >= 4 is 0 Å². The lowest BCUT2D eigenvalue weighted by Gasteiger charge is -2.13. The van der Waals surface area contributed by atoms with Crippen molar-refractivity contribution in [2.75, 3.05) is 7.11 Å².